The fourth-order valence-corrected chi connectivity index (χ4v) is 5.75. The van der Waals surface area contributed by atoms with E-state index in [0.717, 1.165) is 41.6 Å². The SMILES string of the molecule is CC(=O)NCCn1c(C2CCCN(C(=O)CC(N)Cc3ccc(-c4ccc(N)nc4)cc3)C2)cc2ccccc21. The molecule has 0 bridgehead atoms. The number of nitrogen functional groups attached to an aromatic ring is 1. The van der Waals surface area contributed by atoms with Gasteiger partial charge in [-0.15, -0.1) is 0 Å². The molecule has 5 rings (SSSR count). The molecule has 40 heavy (non-hydrogen) atoms. The number of likely N-dealkylation sites (tertiary alicyclic amines) is 1. The van der Waals surface area contributed by atoms with E-state index in [4.69, 9.17) is 11.5 Å². The van der Waals surface area contributed by atoms with E-state index in [-0.39, 0.29) is 23.8 Å². The summed E-state index contributed by atoms with van der Waals surface area (Å²) in [6.07, 6.45) is 4.72. The number of fused-ring (bicyclic) bond motifs is 1. The molecule has 2 amide bonds. The molecule has 0 spiro atoms. The average molecular weight is 539 g/mol. The van der Waals surface area contributed by atoms with Gasteiger partial charge in [-0.05, 0) is 60.0 Å². The zero-order valence-corrected chi connectivity index (χ0v) is 23.1. The fourth-order valence-electron chi connectivity index (χ4n) is 5.75. The molecule has 208 valence electrons. The molecule has 8 nitrogen and oxygen atoms in total. The molecule has 3 heterocycles. The van der Waals surface area contributed by atoms with Gasteiger partial charge < -0.3 is 26.3 Å². The molecule has 2 aromatic carbocycles. The molecule has 1 fully saturated rings. The van der Waals surface area contributed by atoms with E-state index < -0.39 is 0 Å². The van der Waals surface area contributed by atoms with E-state index in [1.54, 1.807) is 19.2 Å². The predicted octanol–water partition coefficient (Wildman–Crippen LogP) is 4.09. The van der Waals surface area contributed by atoms with Crippen molar-refractivity contribution in [2.45, 2.75) is 51.1 Å². The van der Waals surface area contributed by atoms with Gasteiger partial charge in [0.25, 0.3) is 0 Å². The summed E-state index contributed by atoms with van der Waals surface area (Å²) in [4.78, 5) is 30.9. The zero-order valence-electron chi connectivity index (χ0n) is 23.1. The van der Waals surface area contributed by atoms with Gasteiger partial charge in [-0.25, -0.2) is 4.98 Å². The van der Waals surface area contributed by atoms with Gasteiger partial charge in [-0.2, -0.15) is 0 Å². The van der Waals surface area contributed by atoms with Crippen molar-refractivity contribution in [1.82, 2.24) is 19.8 Å². The number of pyridine rings is 1. The van der Waals surface area contributed by atoms with Gasteiger partial charge in [0.1, 0.15) is 5.82 Å². The minimum absolute atomic E-state index is 0.0289. The maximum absolute atomic E-state index is 13.3. The molecule has 5 N–H and O–H groups in total. The van der Waals surface area contributed by atoms with Crippen LogP contribution >= 0.6 is 0 Å². The molecule has 1 aliphatic rings. The number of para-hydroxylation sites is 1. The zero-order chi connectivity index (χ0) is 28.1. The standard InChI is InChI=1S/C32H38N6O2/c1-22(39)35-14-16-38-29-7-3-2-5-25(29)18-30(38)27-6-4-15-37(21-27)32(40)19-28(33)17-23-8-10-24(11-9-23)26-12-13-31(34)36-20-26/h2-3,5,7-13,18,20,27-28H,4,6,14-17,19,21,33H2,1H3,(H2,34,36)(H,35,39). The van der Waals surface area contributed by atoms with E-state index in [2.05, 4.69) is 57.3 Å². The second-order valence-corrected chi connectivity index (χ2v) is 10.8. The van der Waals surface area contributed by atoms with Crippen LogP contribution in [0, 0.1) is 0 Å². The van der Waals surface area contributed by atoms with Gasteiger partial charge in [-0.3, -0.25) is 9.59 Å². The fraction of sp³-hybridized carbons (Fsp3) is 0.344. The number of anilines is 1. The van der Waals surface area contributed by atoms with Crippen LogP contribution in [0.25, 0.3) is 22.0 Å². The lowest BCUT2D eigenvalue weighted by Gasteiger charge is -2.34. The van der Waals surface area contributed by atoms with Crippen molar-refractivity contribution in [2.75, 3.05) is 25.4 Å². The van der Waals surface area contributed by atoms with Crippen molar-refractivity contribution in [3.8, 4) is 11.1 Å². The van der Waals surface area contributed by atoms with Gasteiger partial charge in [-0.1, -0.05) is 42.5 Å². The Kier molecular flexibility index (Phi) is 8.45. The second kappa shape index (κ2) is 12.3. The summed E-state index contributed by atoms with van der Waals surface area (Å²) in [7, 11) is 0. The Hall–Kier alpha value is -4.17. The van der Waals surface area contributed by atoms with Crippen molar-refractivity contribution in [3.05, 3.63) is 84.2 Å². The highest BCUT2D eigenvalue weighted by molar-refractivity contribution is 5.82. The summed E-state index contributed by atoms with van der Waals surface area (Å²) in [6.45, 7) is 4.26. The molecule has 1 aliphatic heterocycles. The molecule has 0 radical (unpaired) electrons. The van der Waals surface area contributed by atoms with Crippen LogP contribution in [-0.4, -0.2) is 51.9 Å². The van der Waals surface area contributed by atoms with Crippen molar-refractivity contribution >= 4 is 28.5 Å². The molecule has 2 unspecified atom stereocenters. The third kappa shape index (κ3) is 6.51. The molecule has 4 aromatic rings. The molecular formula is C32H38N6O2. The Labute approximate surface area is 235 Å². The summed E-state index contributed by atoms with van der Waals surface area (Å²) in [5.41, 5.74) is 17.7. The van der Waals surface area contributed by atoms with Crippen LogP contribution in [0.3, 0.4) is 0 Å². The molecule has 2 aromatic heterocycles. The largest absolute Gasteiger partial charge is 0.384 e. The van der Waals surface area contributed by atoms with E-state index in [1.807, 2.05) is 23.1 Å². The molecule has 0 aliphatic carbocycles. The Morgan fingerprint density at radius 2 is 1.85 bits per heavy atom. The lowest BCUT2D eigenvalue weighted by atomic mass is 9.93. The first-order valence-corrected chi connectivity index (χ1v) is 14.0. The summed E-state index contributed by atoms with van der Waals surface area (Å²) in [5, 5.41) is 4.10. The third-order valence-electron chi connectivity index (χ3n) is 7.75. The number of piperidine rings is 1. The topological polar surface area (TPSA) is 119 Å². The monoisotopic (exact) mass is 538 g/mol. The first-order valence-electron chi connectivity index (χ1n) is 14.0. The van der Waals surface area contributed by atoms with Crippen LogP contribution < -0.4 is 16.8 Å². The highest BCUT2D eigenvalue weighted by atomic mass is 16.2. The van der Waals surface area contributed by atoms with Crippen molar-refractivity contribution in [1.29, 1.82) is 0 Å². The molecule has 1 saturated heterocycles. The number of rotatable bonds is 9. The lowest BCUT2D eigenvalue weighted by molar-refractivity contribution is -0.132. The number of carbonyl (C=O) groups excluding carboxylic acids is 2. The Morgan fingerprint density at radius 3 is 2.60 bits per heavy atom. The maximum atomic E-state index is 13.3. The van der Waals surface area contributed by atoms with Crippen LogP contribution in [-0.2, 0) is 22.6 Å². The Morgan fingerprint density at radius 1 is 1.07 bits per heavy atom. The smallest absolute Gasteiger partial charge is 0.224 e. The van der Waals surface area contributed by atoms with E-state index in [9.17, 15) is 9.59 Å². The van der Waals surface area contributed by atoms with Gasteiger partial charge in [0.05, 0.1) is 0 Å². The van der Waals surface area contributed by atoms with E-state index in [1.165, 1.54) is 11.1 Å². The Bertz CT molecular complexity index is 1460. The van der Waals surface area contributed by atoms with Crippen molar-refractivity contribution in [3.63, 3.8) is 0 Å². The van der Waals surface area contributed by atoms with Gasteiger partial charge in [0.2, 0.25) is 11.8 Å². The quantitative estimate of drug-likeness (QED) is 0.297. The second-order valence-electron chi connectivity index (χ2n) is 10.8. The molecule has 8 heteroatoms. The van der Waals surface area contributed by atoms with Gasteiger partial charge in [0, 0.05) is 74.5 Å². The minimum Gasteiger partial charge on any atom is -0.384 e. The van der Waals surface area contributed by atoms with E-state index in [0.29, 0.717) is 38.3 Å². The maximum Gasteiger partial charge on any atom is 0.224 e. The van der Waals surface area contributed by atoms with Crippen molar-refractivity contribution in [2.24, 2.45) is 5.73 Å². The number of nitrogens with one attached hydrogen (secondary N) is 1. The molecular weight excluding hydrogens is 500 g/mol. The summed E-state index contributed by atoms with van der Waals surface area (Å²) in [6, 6.07) is 22.3. The predicted molar refractivity (Wildman–Crippen MR) is 160 cm³/mol. The van der Waals surface area contributed by atoms with Crippen LogP contribution in [0.1, 0.15) is 43.4 Å². The van der Waals surface area contributed by atoms with Crippen LogP contribution in [0.15, 0.2) is 72.9 Å². The first kappa shape index (κ1) is 27.4. The third-order valence-corrected chi connectivity index (χ3v) is 7.75. The Balaban J connectivity index is 1.21. The number of hydrogen-bond acceptors (Lipinski definition) is 5. The lowest BCUT2D eigenvalue weighted by Crippen LogP contribution is -2.42. The number of hydrogen-bond donors (Lipinski definition) is 3. The highest BCUT2D eigenvalue weighted by Crippen LogP contribution is 2.32. The number of carbonyl (C=O) groups is 2. The number of nitrogens with two attached hydrogens (primary N) is 2. The normalized spacial score (nSPS) is 16.1. The number of nitrogens with zero attached hydrogens (tertiary/aromatic N) is 3. The van der Waals surface area contributed by atoms with Crippen LogP contribution in [0.4, 0.5) is 5.82 Å². The van der Waals surface area contributed by atoms with E-state index >= 15 is 0 Å². The summed E-state index contributed by atoms with van der Waals surface area (Å²) in [5.74, 6) is 0.830. The van der Waals surface area contributed by atoms with Gasteiger partial charge >= 0.3 is 0 Å². The summed E-state index contributed by atoms with van der Waals surface area (Å²) >= 11 is 0. The number of benzene rings is 2. The van der Waals surface area contributed by atoms with Crippen LogP contribution in [0.5, 0.6) is 0 Å². The number of aromatic nitrogens is 2. The highest BCUT2D eigenvalue weighted by Gasteiger charge is 2.28. The molecule has 2 atom stereocenters. The minimum atomic E-state index is -0.249. The first-order chi connectivity index (χ1) is 19.4. The summed E-state index contributed by atoms with van der Waals surface area (Å²) < 4.78 is 2.31. The van der Waals surface area contributed by atoms with Crippen molar-refractivity contribution < 1.29 is 9.59 Å². The van der Waals surface area contributed by atoms with Crippen LogP contribution in [0.2, 0.25) is 0 Å². The van der Waals surface area contributed by atoms with Gasteiger partial charge in [0.15, 0.2) is 0 Å². The average Bonchev–Trinajstić information content (AvgIpc) is 3.32. The number of amides is 2. The molecule has 0 saturated carbocycles.